The van der Waals surface area contributed by atoms with E-state index in [1.54, 1.807) is 0 Å². The summed E-state index contributed by atoms with van der Waals surface area (Å²) in [7, 11) is -2.43. The Balaban J connectivity index is 1.49. The predicted molar refractivity (Wildman–Crippen MR) is 231 cm³/mol. The normalized spacial score (nSPS) is 14.7. The van der Waals surface area contributed by atoms with Gasteiger partial charge in [-0.25, -0.2) is 0 Å². The lowest BCUT2D eigenvalue weighted by molar-refractivity contribution is 0.367. The van der Waals surface area contributed by atoms with E-state index in [4.69, 9.17) is 4.74 Å². The molecule has 0 saturated carbocycles. The monoisotopic (exact) mass is 710 g/mol. The maximum Gasteiger partial charge on any atom is 0.126 e. The highest BCUT2D eigenvalue weighted by atomic mass is 28.3. The van der Waals surface area contributed by atoms with Gasteiger partial charge in [0.2, 0.25) is 0 Å². The number of aryl methyl sites for hydroxylation is 1. The molecule has 0 amide bonds. The average Bonchev–Trinajstić information content (AvgIpc) is 3.53. The summed E-state index contributed by atoms with van der Waals surface area (Å²) in [6.07, 6.45) is 4.10. The molecule has 268 valence electrons. The number of benzene rings is 6. The highest BCUT2D eigenvalue weighted by Crippen LogP contribution is 2.52. The van der Waals surface area contributed by atoms with Crippen LogP contribution in [-0.2, 0) is 0 Å². The molecule has 1 nitrogen and oxygen atoms in total. The van der Waals surface area contributed by atoms with Crippen molar-refractivity contribution in [2.24, 2.45) is 0 Å². The second kappa shape index (κ2) is 15.2. The molecule has 1 aliphatic carbocycles. The van der Waals surface area contributed by atoms with E-state index in [1.165, 1.54) is 71.9 Å². The molecular formula is C51H54OSi. The molecule has 0 spiro atoms. The van der Waals surface area contributed by atoms with E-state index in [1.807, 2.05) is 6.08 Å². The smallest absolute Gasteiger partial charge is 0.126 e. The summed E-state index contributed by atoms with van der Waals surface area (Å²) in [6, 6.07) is 48.2. The first-order chi connectivity index (χ1) is 25.7. The minimum absolute atomic E-state index is 0.218. The minimum atomic E-state index is -2.43. The summed E-state index contributed by atoms with van der Waals surface area (Å²) in [5.74, 6) is 1.98. The zero-order valence-corrected chi connectivity index (χ0v) is 33.7. The van der Waals surface area contributed by atoms with Gasteiger partial charge in [-0.05, 0) is 104 Å². The van der Waals surface area contributed by atoms with Gasteiger partial charge in [-0.1, -0.05) is 180 Å². The van der Waals surface area contributed by atoms with Gasteiger partial charge in [0.1, 0.15) is 12.4 Å². The third-order valence-corrected chi connectivity index (χ3v) is 15.8. The predicted octanol–water partition coefficient (Wildman–Crippen LogP) is 13.9. The minimum Gasteiger partial charge on any atom is -0.489 e. The van der Waals surface area contributed by atoms with Crippen molar-refractivity contribution in [3.63, 3.8) is 0 Å². The molecule has 2 unspecified atom stereocenters. The first kappa shape index (κ1) is 36.4. The molecule has 2 heteroatoms. The van der Waals surface area contributed by atoms with Crippen LogP contribution < -0.4 is 9.92 Å². The summed E-state index contributed by atoms with van der Waals surface area (Å²) in [4.78, 5) is 0. The van der Waals surface area contributed by atoms with Gasteiger partial charge in [0.25, 0.3) is 0 Å². The standard InChI is InChI=1S/C51H54OSi/c1-9-29-52-50-46(37-19-13-12-14-20-37)30-34(4)31-49(50)53(7,8)51-47-32-38(42-23-17-15-21-40(42)35(5)10-2)25-27-44(47)45-28-26-39(33-48(45)51)43-24-18-16-22-41(43)36(6)11-3/h9,12-28,30-33,35-36,51H,1,10-11,29H2,2-8H3. The van der Waals surface area contributed by atoms with Crippen LogP contribution in [-0.4, -0.2) is 14.7 Å². The van der Waals surface area contributed by atoms with Crippen molar-refractivity contribution in [1.29, 1.82) is 0 Å². The van der Waals surface area contributed by atoms with E-state index in [2.05, 4.69) is 182 Å². The van der Waals surface area contributed by atoms with Gasteiger partial charge >= 0.3 is 0 Å². The molecule has 2 atom stereocenters. The van der Waals surface area contributed by atoms with Crippen LogP contribution in [0.3, 0.4) is 0 Å². The number of rotatable bonds is 12. The van der Waals surface area contributed by atoms with Crippen molar-refractivity contribution in [1.82, 2.24) is 0 Å². The second-order valence-electron chi connectivity index (χ2n) is 15.7. The fourth-order valence-electron chi connectivity index (χ4n) is 8.73. The van der Waals surface area contributed by atoms with Gasteiger partial charge in [0, 0.05) is 11.1 Å². The Bertz CT molecular complexity index is 2160. The van der Waals surface area contributed by atoms with Crippen LogP contribution in [0.1, 0.15) is 85.7 Å². The van der Waals surface area contributed by atoms with Crippen LogP contribution in [0.25, 0.3) is 44.5 Å². The van der Waals surface area contributed by atoms with Crippen LogP contribution in [0, 0.1) is 6.92 Å². The van der Waals surface area contributed by atoms with Gasteiger partial charge in [-0.15, -0.1) is 0 Å². The van der Waals surface area contributed by atoms with Crippen LogP contribution in [0.4, 0.5) is 0 Å². The van der Waals surface area contributed by atoms with E-state index in [-0.39, 0.29) is 5.54 Å². The van der Waals surface area contributed by atoms with E-state index in [9.17, 15) is 0 Å². The summed E-state index contributed by atoms with van der Waals surface area (Å²) < 4.78 is 6.76. The number of ether oxygens (including phenoxy) is 1. The summed E-state index contributed by atoms with van der Waals surface area (Å²) in [6.45, 7) is 21.2. The van der Waals surface area contributed by atoms with Gasteiger partial charge in [-0.2, -0.15) is 0 Å². The maximum atomic E-state index is 6.76. The lowest BCUT2D eigenvalue weighted by Crippen LogP contribution is -2.48. The highest BCUT2D eigenvalue weighted by molar-refractivity contribution is 6.92. The third kappa shape index (κ3) is 6.75. The van der Waals surface area contributed by atoms with Gasteiger partial charge in [-0.3, -0.25) is 0 Å². The van der Waals surface area contributed by atoms with E-state index in [0.717, 1.165) is 24.2 Å². The molecule has 0 heterocycles. The topological polar surface area (TPSA) is 9.23 Å². The zero-order chi connectivity index (χ0) is 37.3. The maximum absolute atomic E-state index is 6.76. The molecule has 6 aromatic rings. The fourth-order valence-corrected chi connectivity index (χ4v) is 12.5. The van der Waals surface area contributed by atoms with Crippen molar-refractivity contribution in [2.75, 3.05) is 6.61 Å². The Hall–Kier alpha value is -4.92. The molecule has 1 aliphatic rings. The first-order valence-electron chi connectivity index (χ1n) is 19.6. The second-order valence-corrected chi connectivity index (χ2v) is 20.3. The Morgan fingerprint density at radius 2 is 1.11 bits per heavy atom. The van der Waals surface area contributed by atoms with Crippen LogP contribution in [0.15, 0.2) is 140 Å². The molecule has 0 N–H and O–H groups in total. The summed E-state index contributed by atoms with van der Waals surface area (Å²) in [5.41, 5.74) is 17.6. The van der Waals surface area contributed by atoms with E-state index in [0.29, 0.717) is 18.4 Å². The Kier molecular flexibility index (Phi) is 10.5. The molecule has 53 heavy (non-hydrogen) atoms. The van der Waals surface area contributed by atoms with Crippen LogP contribution in [0.5, 0.6) is 5.75 Å². The molecule has 0 aliphatic heterocycles. The third-order valence-electron chi connectivity index (χ3n) is 11.9. The van der Waals surface area contributed by atoms with Gasteiger partial charge in [0.05, 0.1) is 8.07 Å². The molecule has 0 saturated heterocycles. The van der Waals surface area contributed by atoms with Crippen molar-refractivity contribution < 1.29 is 4.74 Å². The van der Waals surface area contributed by atoms with E-state index >= 15 is 0 Å². The molecule has 0 fully saturated rings. The SMILES string of the molecule is C=CCOc1c(-c2ccccc2)cc(C)cc1[Si](C)(C)C1c2cc(-c3ccccc3C(C)CC)ccc2-c2ccc(-c3ccccc3C(C)CC)cc21. The van der Waals surface area contributed by atoms with Gasteiger partial charge in [0.15, 0.2) is 0 Å². The summed E-state index contributed by atoms with van der Waals surface area (Å²) in [5, 5.41) is 1.36. The Labute approximate surface area is 319 Å². The summed E-state index contributed by atoms with van der Waals surface area (Å²) >= 11 is 0. The van der Waals surface area contributed by atoms with Crippen molar-refractivity contribution in [3.05, 3.63) is 168 Å². The molecule has 6 aromatic carbocycles. The number of hydrogen-bond acceptors (Lipinski definition) is 1. The molecule has 0 bridgehead atoms. The van der Waals surface area contributed by atoms with Gasteiger partial charge < -0.3 is 4.74 Å². The lowest BCUT2D eigenvalue weighted by atomic mass is 9.89. The van der Waals surface area contributed by atoms with Crippen LogP contribution >= 0.6 is 0 Å². The molecule has 0 radical (unpaired) electrons. The van der Waals surface area contributed by atoms with E-state index < -0.39 is 8.07 Å². The Morgan fingerprint density at radius 1 is 0.604 bits per heavy atom. The molecule has 0 aromatic heterocycles. The fraction of sp³-hybridized carbons (Fsp3) is 0.255. The van der Waals surface area contributed by atoms with Crippen molar-refractivity contribution >= 4 is 13.3 Å². The van der Waals surface area contributed by atoms with Crippen molar-refractivity contribution in [3.8, 4) is 50.3 Å². The molecule has 7 rings (SSSR count). The van der Waals surface area contributed by atoms with Crippen LogP contribution in [0.2, 0.25) is 13.1 Å². The zero-order valence-electron chi connectivity index (χ0n) is 32.7. The molecular weight excluding hydrogens is 657 g/mol. The average molecular weight is 711 g/mol. The van der Waals surface area contributed by atoms with Crippen molar-refractivity contribution in [2.45, 2.75) is 77.9 Å². The first-order valence-corrected chi connectivity index (χ1v) is 22.7. The highest BCUT2D eigenvalue weighted by Gasteiger charge is 2.44. The lowest BCUT2D eigenvalue weighted by Gasteiger charge is -2.35. The number of hydrogen-bond donors (Lipinski definition) is 0. The Morgan fingerprint density at radius 3 is 1.62 bits per heavy atom. The largest absolute Gasteiger partial charge is 0.489 e. The quantitative estimate of drug-likeness (QED) is 0.0907. The number of fused-ring (bicyclic) bond motifs is 3.